The second kappa shape index (κ2) is 9.51. The summed E-state index contributed by atoms with van der Waals surface area (Å²) in [6.07, 6.45) is 6.40. The number of aromatic nitrogens is 3. The number of ether oxygens (including phenoxy) is 3. The predicted octanol–water partition coefficient (Wildman–Crippen LogP) is 5.99. The first kappa shape index (κ1) is 21.9. The molecule has 1 saturated carbocycles. The van der Waals surface area contributed by atoms with Crippen LogP contribution in [-0.4, -0.2) is 35.4 Å². The number of pyridine rings is 1. The standard InChI is InChI=1S/C26H25FN4O3/c1-32-24-14-18-21(15-25(24)33-2)28-12-11-22(18)34-23-9-7-16(13-19(23)27)20-8-10-26(31-30-20)29-17-5-3-4-6-17/h7-15,17H,3-6H2,1-2H3,(H,29,31). The van der Waals surface area contributed by atoms with Gasteiger partial charge in [-0.05, 0) is 55.3 Å². The Hall–Kier alpha value is -3.94. The summed E-state index contributed by atoms with van der Waals surface area (Å²) in [7, 11) is 3.12. The number of hydrogen-bond donors (Lipinski definition) is 1. The van der Waals surface area contributed by atoms with Gasteiger partial charge in [0.25, 0.3) is 0 Å². The molecule has 0 saturated heterocycles. The van der Waals surface area contributed by atoms with Crippen molar-refractivity contribution in [1.82, 2.24) is 15.2 Å². The molecule has 0 spiro atoms. The number of rotatable bonds is 7. The highest BCUT2D eigenvalue weighted by molar-refractivity contribution is 5.88. The third-order valence-corrected chi connectivity index (χ3v) is 6.03. The average molecular weight is 461 g/mol. The molecule has 0 aliphatic heterocycles. The lowest BCUT2D eigenvalue weighted by Gasteiger charge is -2.13. The smallest absolute Gasteiger partial charge is 0.166 e. The molecule has 34 heavy (non-hydrogen) atoms. The van der Waals surface area contributed by atoms with Crippen LogP contribution in [0.2, 0.25) is 0 Å². The van der Waals surface area contributed by atoms with Crippen LogP contribution in [0.4, 0.5) is 10.2 Å². The van der Waals surface area contributed by atoms with E-state index in [1.54, 1.807) is 50.7 Å². The van der Waals surface area contributed by atoms with Crippen molar-refractivity contribution in [2.75, 3.05) is 19.5 Å². The Morgan fingerprint density at radius 2 is 1.65 bits per heavy atom. The normalized spacial score (nSPS) is 13.7. The highest BCUT2D eigenvalue weighted by Gasteiger charge is 2.16. The molecule has 1 N–H and O–H groups in total. The lowest BCUT2D eigenvalue weighted by molar-refractivity contribution is 0.355. The third-order valence-electron chi connectivity index (χ3n) is 6.03. The van der Waals surface area contributed by atoms with Crippen LogP contribution in [-0.2, 0) is 0 Å². The number of halogens is 1. The van der Waals surface area contributed by atoms with Crippen molar-refractivity contribution in [2.24, 2.45) is 0 Å². The molecule has 4 aromatic rings. The van der Waals surface area contributed by atoms with Gasteiger partial charge in [0.2, 0.25) is 0 Å². The Balaban J connectivity index is 1.37. The highest BCUT2D eigenvalue weighted by atomic mass is 19.1. The van der Waals surface area contributed by atoms with Gasteiger partial charge in [0.15, 0.2) is 23.1 Å². The van der Waals surface area contributed by atoms with E-state index in [-0.39, 0.29) is 5.75 Å². The summed E-state index contributed by atoms with van der Waals surface area (Å²) in [5.41, 5.74) is 1.86. The predicted molar refractivity (Wildman–Crippen MR) is 128 cm³/mol. The van der Waals surface area contributed by atoms with Gasteiger partial charge >= 0.3 is 0 Å². The fourth-order valence-electron chi connectivity index (χ4n) is 4.24. The van der Waals surface area contributed by atoms with Gasteiger partial charge in [-0.1, -0.05) is 12.8 Å². The zero-order valence-corrected chi connectivity index (χ0v) is 19.0. The maximum atomic E-state index is 15.0. The third kappa shape index (κ3) is 4.44. The van der Waals surface area contributed by atoms with E-state index >= 15 is 0 Å². The first-order chi connectivity index (χ1) is 16.6. The summed E-state index contributed by atoms with van der Waals surface area (Å²) in [4.78, 5) is 4.35. The van der Waals surface area contributed by atoms with E-state index in [1.165, 1.54) is 18.9 Å². The molecule has 2 heterocycles. The van der Waals surface area contributed by atoms with Gasteiger partial charge in [0, 0.05) is 29.3 Å². The van der Waals surface area contributed by atoms with E-state index in [0.717, 1.165) is 18.7 Å². The Kier molecular flexibility index (Phi) is 6.12. The van der Waals surface area contributed by atoms with E-state index in [0.29, 0.717) is 45.5 Å². The SMILES string of the molecule is COc1cc2nccc(Oc3ccc(-c4ccc(NC5CCCC5)nn4)cc3F)c2cc1OC. The molecule has 2 aromatic carbocycles. The van der Waals surface area contributed by atoms with Crippen LogP contribution >= 0.6 is 0 Å². The molecule has 0 unspecified atom stereocenters. The zero-order chi connectivity index (χ0) is 23.5. The molecule has 1 aliphatic carbocycles. The molecule has 5 rings (SSSR count). The lowest BCUT2D eigenvalue weighted by Crippen LogP contribution is -2.15. The summed E-state index contributed by atoms with van der Waals surface area (Å²) in [5.74, 6) is 1.89. The molecule has 174 valence electrons. The topological polar surface area (TPSA) is 78.4 Å². The molecular formula is C26H25FN4O3. The van der Waals surface area contributed by atoms with Gasteiger partial charge < -0.3 is 19.5 Å². The Bertz CT molecular complexity index is 1310. The van der Waals surface area contributed by atoms with Crippen LogP contribution in [0.25, 0.3) is 22.2 Å². The largest absolute Gasteiger partial charge is 0.493 e. The fourth-order valence-corrected chi connectivity index (χ4v) is 4.24. The van der Waals surface area contributed by atoms with Crippen molar-refractivity contribution in [3.05, 3.63) is 60.5 Å². The Morgan fingerprint density at radius 1 is 0.853 bits per heavy atom. The zero-order valence-electron chi connectivity index (χ0n) is 19.0. The average Bonchev–Trinajstić information content (AvgIpc) is 3.38. The van der Waals surface area contributed by atoms with Crippen molar-refractivity contribution in [2.45, 2.75) is 31.7 Å². The summed E-state index contributed by atoms with van der Waals surface area (Å²) in [6, 6.07) is 14.1. The Labute approximate surface area is 196 Å². The minimum absolute atomic E-state index is 0.0958. The molecule has 0 atom stereocenters. The molecule has 7 nitrogen and oxygen atoms in total. The molecular weight excluding hydrogens is 435 g/mol. The number of hydrogen-bond acceptors (Lipinski definition) is 7. The van der Waals surface area contributed by atoms with Gasteiger partial charge in [-0.3, -0.25) is 4.98 Å². The molecule has 2 aromatic heterocycles. The van der Waals surface area contributed by atoms with Gasteiger partial charge in [-0.25, -0.2) is 4.39 Å². The molecule has 0 bridgehead atoms. The molecule has 1 aliphatic rings. The summed E-state index contributed by atoms with van der Waals surface area (Å²) in [5, 5.41) is 12.6. The summed E-state index contributed by atoms with van der Waals surface area (Å²) in [6.45, 7) is 0. The van der Waals surface area contributed by atoms with E-state index in [2.05, 4.69) is 20.5 Å². The maximum absolute atomic E-state index is 15.0. The highest BCUT2D eigenvalue weighted by Crippen LogP contribution is 2.37. The monoisotopic (exact) mass is 460 g/mol. The van der Waals surface area contributed by atoms with Crippen molar-refractivity contribution in [3.8, 4) is 34.3 Å². The molecule has 1 fully saturated rings. The van der Waals surface area contributed by atoms with E-state index in [4.69, 9.17) is 14.2 Å². The van der Waals surface area contributed by atoms with Crippen LogP contribution < -0.4 is 19.5 Å². The summed E-state index contributed by atoms with van der Waals surface area (Å²) < 4.78 is 31.6. The number of benzene rings is 2. The number of nitrogens with zero attached hydrogens (tertiary/aromatic N) is 3. The van der Waals surface area contributed by atoms with Crippen molar-refractivity contribution in [1.29, 1.82) is 0 Å². The fraction of sp³-hybridized carbons (Fsp3) is 0.269. The molecule has 0 radical (unpaired) electrons. The number of methoxy groups -OCH3 is 2. The minimum Gasteiger partial charge on any atom is -0.493 e. The molecule has 8 heteroatoms. The van der Waals surface area contributed by atoms with Gasteiger partial charge in [0.05, 0.1) is 25.4 Å². The van der Waals surface area contributed by atoms with E-state index in [9.17, 15) is 4.39 Å². The lowest BCUT2D eigenvalue weighted by atomic mass is 10.1. The van der Waals surface area contributed by atoms with Gasteiger partial charge in [-0.2, -0.15) is 0 Å². The minimum atomic E-state index is -0.502. The van der Waals surface area contributed by atoms with Crippen molar-refractivity contribution in [3.63, 3.8) is 0 Å². The van der Waals surface area contributed by atoms with Crippen LogP contribution in [0, 0.1) is 5.82 Å². The van der Waals surface area contributed by atoms with Crippen LogP contribution in [0.3, 0.4) is 0 Å². The second-order valence-electron chi connectivity index (χ2n) is 8.21. The quantitative estimate of drug-likeness (QED) is 0.363. The maximum Gasteiger partial charge on any atom is 0.166 e. The Morgan fingerprint density at radius 3 is 2.35 bits per heavy atom. The van der Waals surface area contributed by atoms with Gasteiger partial charge in [-0.15, -0.1) is 10.2 Å². The van der Waals surface area contributed by atoms with Crippen molar-refractivity contribution < 1.29 is 18.6 Å². The van der Waals surface area contributed by atoms with Crippen molar-refractivity contribution >= 4 is 16.7 Å². The van der Waals surface area contributed by atoms with E-state index < -0.39 is 5.82 Å². The second-order valence-corrected chi connectivity index (χ2v) is 8.21. The van der Waals surface area contributed by atoms with Crippen LogP contribution in [0.5, 0.6) is 23.0 Å². The number of anilines is 1. The first-order valence-corrected chi connectivity index (χ1v) is 11.2. The number of fused-ring (bicyclic) bond motifs is 1. The van der Waals surface area contributed by atoms with E-state index in [1.807, 2.05) is 12.1 Å². The number of nitrogens with one attached hydrogen (secondary N) is 1. The summed E-state index contributed by atoms with van der Waals surface area (Å²) >= 11 is 0. The van der Waals surface area contributed by atoms with Gasteiger partial charge in [0.1, 0.15) is 11.6 Å². The molecule has 0 amide bonds. The first-order valence-electron chi connectivity index (χ1n) is 11.2. The van der Waals surface area contributed by atoms with Crippen LogP contribution in [0.15, 0.2) is 54.7 Å². The van der Waals surface area contributed by atoms with Crippen LogP contribution in [0.1, 0.15) is 25.7 Å².